The zero-order valence-electron chi connectivity index (χ0n) is 17.0. The summed E-state index contributed by atoms with van der Waals surface area (Å²) in [6.07, 6.45) is 2.64. The highest BCUT2D eigenvalue weighted by atomic mass is 17.0. The zero-order valence-corrected chi connectivity index (χ0v) is 17.0. The van der Waals surface area contributed by atoms with E-state index in [1.807, 2.05) is 6.07 Å². The smallest absolute Gasteiger partial charge is 0.338 e. The summed E-state index contributed by atoms with van der Waals surface area (Å²) in [5.74, 6) is -1.46. The van der Waals surface area contributed by atoms with Crippen LogP contribution >= 0.6 is 0 Å². The zero-order chi connectivity index (χ0) is 20.7. The maximum Gasteiger partial charge on any atom is 0.338 e. The molecule has 8 heteroatoms. The number of esters is 2. The lowest BCUT2D eigenvalue weighted by atomic mass is 9.81. The molecule has 8 nitrogen and oxygen atoms in total. The number of ether oxygens (including phenoxy) is 3. The Kier molecular flexibility index (Phi) is 5.49. The number of hydrogen-bond acceptors (Lipinski definition) is 8. The number of rotatable bonds is 5. The summed E-state index contributed by atoms with van der Waals surface area (Å²) in [7, 11) is 0. The van der Waals surface area contributed by atoms with Gasteiger partial charge >= 0.3 is 11.9 Å². The highest BCUT2D eigenvalue weighted by molar-refractivity contribution is 5.86. The third-order valence-electron chi connectivity index (χ3n) is 6.50. The van der Waals surface area contributed by atoms with Crippen molar-refractivity contribution in [2.75, 3.05) is 6.61 Å². The predicted octanol–water partition coefficient (Wildman–Crippen LogP) is 2.48. The van der Waals surface area contributed by atoms with Crippen LogP contribution in [-0.2, 0) is 33.5 Å². The molecule has 7 atom stereocenters. The highest BCUT2D eigenvalue weighted by Crippen LogP contribution is 2.44. The third-order valence-corrected chi connectivity index (χ3v) is 6.50. The summed E-state index contributed by atoms with van der Waals surface area (Å²) in [5.41, 5.74) is 1.27. The van der Waals surface area contributed by atoms with E-state index >= 15 is 0 Å². The molecule has 5 rings (SSSR count). The Morgan fingerprint density at radius 1 is 1.17 bits per heavy atom. The van der Waals surface area contributed by atoms with Crippen LogP contribution in [-0.4, -0.2) is 54.4 Å². The fraction of sp³-hybridized carbons (Fsp3) is 0.636. The van der Waals surface area contributed by atoms with E-state index in [0.29, 0.717) is 12.3 Å². The van der Waals surface area contributed by atoms with Crippen LogP contribution in [0.15, 0.2) is 30.3 Å². The number of carbonyl (C=O) groups excluding carboxylic acids is 2. The fourth-order valence-electron chi connectivity index (χ4n) is 5.15. The van der Waals surface area contributed by atoms with E-state index < -0.39 is 42.4 Å². The average molecular weight is 417 g/mol. The molecule has 1 aromatic rings. The second-order valence-electron chi connectivity index (χ2n) is 8.30. The lowest BCUT2D eigenvalue weighted by Crippen LogP contribution is -2.49. The molecule has 0 radical (unpaired) electrons. The first kappa shape index (κ1) is 19.9. The topological polar surface area (TPSA) is 83.5 Å². The minimum Gasteiger partial charge on any atom is -0.464 e. The summed E-state index contributed by atoms with van der Waals surface area (Å²) in [6, 6.07) is 9.94. The summed E-state index contributed by atoms with van der Waals surface area (Å²) < 4.78 is 17.0. The van der Waals surface area contributed by atoms with E-state index in [9.17, 15) is 9.59 Å². The van der Waals surface area contributed by atoms with Crippen molar-refractivity contribution in [3.63, 3.8) is 0 Å². The summed E-state index contributed by atoms with van der Waals surface area (Å²) in [5, 5.41) is 1.25. The van der Waals surface area contributed by atoms with Gasteiger partial charge in [-0.05, 0) is 25.3 Å². The molecule has 3 aliphatic heterocycles. The van der Waals surface area contributed by atoms with E-state index in [-0.39, 0.29) is 12.7 Å². The molecule has 0 amide bonds. The van der Waals surface area contributed by atoms with Gasteiger partial charge in [-0.25, -0.2) is 9.63 Å². The number of nitrogens with zero attached hydrogens (tertiary/aromatic N) is 1. The number of hydroxylamine groups is 2. The van der Waals surface area contributed by atoms with Crippen LogP contribution < -0.4 is 0 Å². The SMILES string of the molecule is CCOC(=O)[C@@H]1ON2O[C@@H](OC3CCCCC3c3ccccc3)C[C@H]3OC(=O)[C@@H]1C32. The van der Waals surface area contributed by atoms with Gasteiger partial charge in [0.1, 0.15) is 18.1 Å². The molecular weight excluding hydrogens is 390 g/mol. The first-order valence-electron chi connectivity index (χ1n) is 10.9. The molecule has 0 N–H and O–H groups in total. The Labute approximate surface area is 175 Å². The molecule has 3 saturated heterocycles. The van der Waals surface area contributed by atoms with Gasteiger partial charge in [0.25, 0.3) is 0 Å². The largest absolute Gasteiger partial charge is 0.464 e. The first-order valence-corrected chi connectivity index (χ1v) is 10.9. The molecule has 3 heterocycles. The quantitative estimate of drug-likeness (QED) is 0.676. The summed E-state index contributed by atoms with van der Waals surface area (Å²) >= 11 is 0. The van der Waals surface area contributed by atoms with Gasteiger partial charge in [0, 0.05) is 12.3 Å². The second kappa shape index (κ2) is 8.26. The molecule has 0 aromatic heterocycles. The normalized spacial score (nSPS) is 38.2. The van der Waals surface area contributed by atoms with E-state index in [0.717, 1.165) is 19.3 Å². The Hall–Kier alpha value is -2.00. The molecule has 3 unspecified atom stereocenters. The van der Waals surface area contributed by atoms with Crippen molar-refractivity contribution in [3.05, 3.63) is 35.9 Å². The monoisotopic (exact) mass is 417 g/mol. The van der Waals surface area contributed by atoms with Crippen molar-refractivity contribution in [1.82, 2.24) is 5.23 Å². The van der Waals surface area contributed by atoms with E-state index in [1.54, 1.807) is 6.92 Å². The molecule has 162 valence electrons. The van der Waals surface area contributed by atoms with Crippen molar-refractivity contribution in [2.24, 2.45) is 5.92 Å². The molecule has 1 saturated carbocycles. The van der Waals surface area contributed by atoms with Gasteiger partial charge in [0.05, 0.1) is 12.7 Å². The molecule has 4 aliphatic rings. The van der Waals surface area contributed by atoms with E-state index in [2.05, 4.69) is 24.3 Å². The van der Waals surface area contributed by atoms with E-state index in [1.165, 1.54) is 17.2 Å². The van der Waals surface area contributed by atoms with Crippen molar-refractivity contribution < 1.29 is 33.5 Å². The van der Waals surface area contributed by atoms with Crippen molar-refractivity contribution in [1.29, 1.82) is 0 Å². The number of benzene rings is 1. The number of carbonyl (C=O) groups is 2. The van der Waals surface area contributed by atoms with Crippen LogP contribution in [0.4, 0.5) is 0 Å². The lowest BCUT2D eigenvalue weighted by Gasteiger charge is -2.39. The van der Waals surface area contributed by atoms with Gasteiger partial charge in [0.15, 0.2) is 12.4 Å². The van der Waals surface area contributed by atoms with Gasteiger partial charge in [-0.15, -0.1) is 0 Å². The summed E-state index contributed by atoms with van der Waals surface area (Å²) in [4.78, 5) is 36.3. The fourth-order valence-corrected chi connectivity index (χ4v) is 5.15. The van der Waals surface area contributed by atoms with Crippen LogP contribution in [0, 0.1) is 5.92 Å². The molecule has 0 spiro atoms. The molecule has 1 aliphatic carbocycles. The Bertz CT molecular complexity index is 787. The molecule has 30 heavy (non-hydrogen) atoms. The molecule has 0 bridgehead atoms. The molecular formula is C22H27NO7. The maximum atomic E-state index is 12.4. The standard InChI is InChI=1S/C22H27NO7/c1-2-26-22(25)20-18-19-16(28-21(18)24)12-17(29-23(19)30-20)27-15-11-7-6-10-14(15)13-8-4-3-5-9-13/h3-5,8-9,14-20H,2,6-7,10-12H2,1H3/t14?,15?,16-,17-,18-,19?,20-/m1/s1. The number of hydrogen-bond donors (Lipinski definition) is 0. The maximum absolute atomic E-state index is 12.4. The first-order chi connectivity index (χ1) is 14.7. The minimum atomic E-state index is -1.04. The van der Waals surface area contributed by atoms with Gasteiger partial charge in [-0.1, -0.05) is 48.4 Å². The van der Waals surface area contributed by atoms with Gasteiger partial charge in [-0.2, -0.15) is 0 Å². The van der Waals surface area contributed by atoms with Gasteiger partial charge < -0.3 is 14.2 Å². The van der Waals surface area contributed by atoms with Crippen LogP contribution in [0.5, 0.6) is 0 Å². The van der Waals surface area contributed by atoms with Gasteiger partial charge in [0.2, 0.25) is 0 Å². The van der Waals surface area contributed by atoms with E-state index in [4.69, 9.17) is 23.9 Å². The summed E-state index contributed by atoms with van der Waals surface area (Å²) in [6.45, 7) is 1.92. The van der Waals surface area contributed by atoms with Gasteiger partial charge in [-0.3, -0.25) is 9.63 Å². The average Bonchev–Trinajstić information content (AvgIpc) is 3.30. The molecule has 1 aromatic carbocycles. The minimum absolute atomic E-state index is 0.0130. The highest BCUT2D eigenvalue weighted by Gasteiger charge is 2.64. The Morgan fingerprint density at radius 3 is 2.77 bits per heavy atom. The lowest BCUT2D eigenvalue weighted by molar-refractivity contribution is -0.446. The van der Waals surface area contributed by atoms with Crippen molar-refractivity contribution in [3.8, 4) is 0 Å². The van der Waals surface area contributed by atoms with Crippen LogP contribution in [0.1, 0.15) is 50.5 Å². The third kappa shape index (κ3) is 3.51. The van der Waals surface area contributed by atoms with Crippen molar-refractivity contribution >= 4 is 11.9 Å². The van der Waals surface area contributed by atoms with Crippen LogP contribution in [0.2, 0.25) is 0 Å². The van der Waals surface area contributed by atoms with Crippen LogP contribution in [0.3, 0.4) is 0 Å². The van der Waals surface area contributed by atoms with Crippen LogP contribution in [0.25, 0.3) is 0 Å². The van der Waals surface area contributed by atoms with Crippen molar-refractivity contribution in [2.45, 2.75) is 75.6 Å². The Morgan fingerprint density at radius 2 is 1.97 bits per heavy atom. The molecule has 4 fully saturated rings. The predicted molar refractivity (Wildman–Crippen MR) is 103 cm³/mol. The second-order valence-corrected chi connectivity index (χ2v) is 8.30. The Balaban J connectivity index is 1.30.